The number of benzene rings is 1. The normalized spacial score (nSPS) is 16.9. The Balaban J connectivity index is 2.03. The van der Waals surface area contributed by atoms with Gasteiger partial charge in [-0.3, -0.25) is 4.79 Å². The van der Waals surface area contributed by atoms with Crippen molar-refractivity contribution in [2.45, 2.75) is 64.8 Å². The summed E-state index contributed by atoms with van der Waals surface area (Å²) in [5.41, 5.74) is 0.626. The molecule has 1 aliphatic heterocycles. The molecule has 28 heavy (non-hydrogen) atoms. The molecule has 158 valence electrons. The van der Waals surface area contributed by atoms with Crippen molar-refractivity contribution in [2.24, 2.45) is 5.92 Å². The lowest BCUT2D eigenvalue weighted by Crippen LogP contribution is -2.50. The predicted molar refractivity (Wildman–Crippen MR) is 115 cm³/mol. The summed E-state index contributed by atoms with van der Waals surface area (Å²) in [5.74, 6) is 0.0674. The molecule has 5 nitrogen and oxygen atoms in total. The lowest BCUT2D eigenvalue weighted by molar-refractivity contribution is -0.128. The second-order valence-corrected chi connectivity index (χ2v) is 10.2. The van der Waals surface area contributed by atoms with E-state index < -0.39 is 15.6 Å². The van der Waals surface area contributed by atoms with E-state index >= 15 is 0 Å². The molecule has 1 aromatic carbocycles. The Hall–Kier alpha value is -1.11. The summed E-state index contributed by atoms with van der Waals surface area (Å²) in [5, 5.41) is 3.95. The van der Waals surface area contributed by atoms with Gasteiger partial charge in [0.2, 0.25) is 15.9 Å². The van der Waals surface area contributed by atoms with Crippen molar-refractivity contribution in [2.75, 3.05) is 18.8 Å². The highest BCUT2D eigenvalue weighted by molar-refractivity contribution is 7.89. The minimum Gasteiger partial charge on any atom is -0.346 e. The van der Waals surface area contributed by atoms with Crippen LogP contribution in [0.3, 0.4) is 0 Å². The van der Waals surface area contributed by atoms with Crippen molar-refractivity contribution in [3.8, 4) is 0 Å². The van der Waals surface area contributed by atoms with Gasteiger partial charge >= 0.3 is 0 Å². The van der Waals surface area contributed by atoms with Gasteiger partial charge in [-0.25, -0.2) is 12.7 Å². The zero-order valence-electron chi connectivity index (χ0n) is 17.2. The van der Waals surface area contributed by atoms with E-state index in [2.05, 4.69) is 19.2 Å². The van der Waals surface area contributed by atoms with Crippen molar-refractivity contribution in [3.63, 3.8) is 0 Å². The summed E-state index contributed by atoms with van der Waals surface area (Å²) < 4.78 is 26.3. The highest BCUT2D eigenvalue weighted by Gasteiger charge is 2.35. The van der Waals surface area contributed by atoms with Crippen LogP contribution < -0.4 is 5.32 Å². The minimum atomic E-state index is -3.20. The molecule has 1 aromatic rings. The standard InChI is InChI=1S/C21H33ClN2O3S/c1-4-7-16-28(26,27)24-14-12-17(13-15-24)20(25)23-21(5-2,6-3)18-8-10-19(22)11-9-18/h8-11,17H,4-7,12-16H2,1-3H3,(H,23,25). The molecule has 1 saturated heterocycles. The molecule has 1 fully saturated rings. The molecule has 1 N–H and O–H groups in total. The van der Waals surface area contributed by atoms with Crippen LogP contribution in [0.1, 0.15) is 64.9 Å². The Morgan fingerprint density at radius 3 is 2.21 bits per heavy atom. The molecule has 1 aliphatic rings. The Labute approximate surface area is 174 Å². The number of sulfonamides is 1. The van der Waals surface area contributed by atoms with Crippen molar-refractivity contribution >= 4 is 27.5 Å². The first-order valence-corrected chi connectivity index (χ1v) is 12.3. The number of unbranched alkanes of at least 4 members (excludes halogenated alkanes) is 1. The molecule has 7 heteroatoms. The van der Waals surface area contributed by atoms with Gasteiger partial charge in [0.05, 0.1) is 11.3 Å². The van der Waals surface area contributed by atoms with E-state index in [0.717, 1.165) is 24.8 Å². The molecule has 0 spiro atoms. The van der Waals surface area contributed by atoms with Gasteiger partial charge in [0.25, 0.3) is 0 Å². The van der Waals surface area contributed by atoms with Crippen molar-refractivity contribution in [3.05, 3.63) is 34.9 Å². The van der Waals surface area contributed by atoms with Crippen LogP contribution in [0.5, 0.6) is 0 Å². The third-order valence-electron chi connectivity index (χ3n) is 5.94. The van der Waals surface area contributed by atoms with E-state index in [9.17, 15) is 13.2 Å². The Kier molecular flexibility index (Phi) is 8.34. The van der Waals surface area contributed by atoms with Crippen LogP contribution in [0.25, 0.3) is 0 Å². The maximum atomic E-state index is 13.0. The molecule has 0 unspecified atom stereocenters. The van der Waals surface area contributed by atoms with Crippen LogP contribution >= 0.6 is 11.6 Å². The van der Waals surface area contributed by atoms with Crippen LogP contribution in [0.15, 0.2) is 24.3 Å². The number of halogens is 1. The van der Waals surface area contributed by atoms with Crippen molar-refractivity contribution in [1.82, 2.24) is 9.62 Å². The maximum Gasteiger partial charge on any atom is 0.223 e. The zero-order chi connectivity index (χ0) is 20.8. The molecule has 0 aromatic heterocycles. The second-order valence-electron chi connectivity index (χ2n) is 7.63. The summed E-state index contributed by atoms with van der Waals surface area (Å²) in [6, 6.07) is 7.64. The third-order valence-corrected chi connectivity index (χ3v) is 8.15. The summed E-state index contributed by atoms with van der Waals surface area (Å²) in [6.07, 6.45) is 4.24. The SMILES string of the molecule is CCCCS(=O)(=O)N1CCC(C(=O)NC(CC)(CC)c2ccc(Cl)cc2)CC1. The molecule has 0 saturated carbocycles. The van der Waals surface area contributed by atoms with E-state index in [-0.39, 0.29) is 17.6 Å². The second kappa shape index (κ2) is 10.1. The smallest absolute Gasteiger partial charge is 0.223 e. The number of hydrogen-bond acceptors (Lipinski definition) is 3. The van der Waals surface area contributed by atoms with Crippen LogP contribution in [0.4, 0.5) is 0 Å². The molecular formula is C21H33ClN2O3S. The van der Waals surface area contributed by atoms with E-state index in [0.29, 0.717) is 37.4 Å². The van der Waals surface area contributed by atoms with E-state index in [4.69, 9.17) is 11.6 Å². The number of carbonyl (C=O) groups is 1. The minimum absolute atomic E-state index is 0.0178. The van der Waals surface area contributed by atoms with Crippen LogP contribution in [0.2, 0.25) is 5.02 Å². The highest BCUT2D eigenvalue weighted by atomic mass is 35.5. The first kappa shape index (κ1) is 23.2. The van der Waals surface area contributed by atoms with E-state index in [1.807, 2.05) is 31.2 Å². The number of amides is 1. The van der Waals surface area contributed by atoms with Gasteiger partial charge in [-0.2, -0.15) is 0 Å². The Morgan fingerprint density at radius 1 is 1.14 bits per heavy atom. The average molecular weight is 429 g/mol. The molecular weight excluding hydrogens is 396 g/mol. The molecule has 0 bridgehead atoms. The molecule has 0 atom stereocenters. The van der Waals surface area contributed by atoms with Gasteiger partial charge in [0.1, 0.15) is 0 Å². The van der Waals surface area contributed by atoms with Crippen LogP contribution in [-0.2, 0) is 20.4 Å². The Bertz CT molecular complexity index is 737. The summed E-state index contributed by atoms with van der Waals surface area (Å²) in [6.45, 7) is 6.98. The van der Waals surface area contributed by atoms with Gasteiger partial charge < -0.3 is 5.32 Å². The number of rotatable bonds is 9. The number of piperidine rings is 1. The molecule has 0 radical (unpaired) electrons. The topological polar surface area (TPSA) is 66.5 Å². The first-order valence-electron chi connectivity index (χ1n) is 10.3. The first-order chi connectivity index (χ1) is 13.3. The van der Waals surface area contributed by atoms with Gasteiger partial charge in [-0.05, 0) is 49.8 Å². The monoisotopic (exact) mass is 428 g/mol. The highest BCUT2D eigenvalue weighted by Crippen LogP contribution is 2.31. The summed E-state index contributed by atoms with van der Waals surface area (Å²) in [7, 11) is -3.20. The van der Waals surface area contributed by atoms with E-state index in [1.165, 1.54) is 0 Å². The summed E-state index contributed by atoms with van der Waals surface area (Å²) in [4.78, 5) is 13.0. The quantitative estimate of drug-likeness (QED) is 0.637. The fourth-order valence-corrected chi connectivity index (χ4v) is 5.67. The van der Waals surface area contributed by atoms with Crippen LogP contribution in [0, 0.1) is 5.92 Å². The number of carbonyl (C=O) groups excluding carboxylic acids is 1. The fourth-order valence-electron chi connectivity index (χ4n) is 3.87. The third kappa shape index (κ3) is 5.49. The maximum absolute atomic E-state index is 13.0. The van der Waals surface area contributed by atoms with Crippen molar-refractivity contribution in [1.29, 1.82) is 0 Å². The van der Waals surface area contributed by atoms with Crippen LogP contribution in [-0.4, -0.2) is 37.5 Å². The number of nitrogens with one attached hydrogen (secondary N) is 1. The van der Waals surface area contributed by atoms with Gasteiger partial charge in [0, 0.05) is 24.0 Å². The lowest BCUT2D eigenvalue weighted by atomic mass is 9.83. The predicted octanol–water partition coefficient (Wildman–Crippen LogP) is 4.31. The Morgan fingerprint density at radius 2 is 1.71 bits per heavy atom. The number of hydrogen-bond donors (Lipinski definition) is 1. The fraction of sp³-hybridized carbons (Fsp3) is 0.667. The molecule has 1 heterocycles. The average Bonchev–Trinajstić information content (AvgIpc) is 2.71. The van der Waals surface area contributed by atoms with Gasteiger partial charge in [-0.1, -0.05) is 50.9 Å². The molecule has 0 aliphatic carbocycles. The zero-order valence-corrected chi connectivity index (χ0v) is 18.8. The lowest BCUT2D eigenvalue weighted by Gasteiger charge is -2.37. The van der Waals surface area contributed by atoms with Crippen molar-refractivity contribution < 1.29 is 13.2 Å². The van der Waals surface area contributed by atoms with Gasteiger partial charge in [-0.15, -0.1) is 0 Å². The molecule has 1 amide bonds. The largest absolute Gasteiger partial charge is 0.346 e. The van der Waals surface area contributed by atoms with Gasteiger partial charge in [0.15, 0.2) is 0 Å². The number of nitrogens with zero attached hydrogens (tertiary/aromatic N) is 1. The van der Waals surface area contributed by atoms with E-state index in [1.54, 1.807) is 4.31 Å². The molecule has 2 rings (SSSR count). The summed E-state index contributed by atoms with van der Waals surface area (Å²) >= 11 is 6.02.